The van der Waals surface area contributed by atoms with Crippen molar-refractivity contribution in [2.75, 3.05) is 11.9 Å². The number of rotatable bonds is 4. The molecule has 2 aromatic carbocycles. The van der Waals surface area contributed by atoms with Crippen LogP contribution in [0, 0.1) is 0 Å². The van der Waals surface area contributed by atoms with Gasteiger partial charge in [-0.2, -0.15) is 13.2 Å². The Bertz CT molecular complexity index is 1380. The van der Waals surface area contributed by atoms with E-state index in [0.717, 1.165) is 29.0 Å². The number of nitrogens with one attached hydrogen (secondary N) is 1. The number of thiophene rings is 1. The Morgan fingerprint density at radius 1 is 1.00 bits per heavy atom. The Balaban J connectivity index is 1.29. The maximum Gasteiger partial charge on any atom is 0.416 e. The van der Waals surface area contributed by atoms with Crippen molar-refractivity contribution in [3.8, 4) is 11.3 Å². The summed E-state index contributed by atoms with van der Waals surface area (Å²) in [5.74, 6) is 0.754. The number of hydrogen-bond acceptors (Lipinski definition) is 4. The molecule has 0 spiro atoms. The molecular formula is C26H19F3N2O3S. The van der Waals surface area contributed by atoms with E-state index in [-0.39, 0.29) is 18.0 Å². The highest BCUT2D eigenvalue weighted by Crippen LogP contribution is 2.32. The first-order valence-electron chi connectivity index (χ1n) is 10.8. The summed E-state index contributed by atoms with van der Waals surface area (Å²) < 4.78 is 45.1. The zero-order chi connectivity index (χ0) is 24.6. The molecule has 5 rings (SSSR count). The van der Waals surface area contributed by atoms with Gasteiger partial charge in [0.2, 0.25) is 0 Å². The smallest absolute Gasteiger partial charge is 0.416 e. The molecule has 0 aliphatic carbocycles. The van der Waals surface area contributed by atoms with E-state index in [4.69, 9.17) is 4.42 Å². The van der Waals surface area contributed by atoms with Gasteiger partial charge in [0.05, 0.1) is 10.4 Å². The molecule has 0 atom stereocenters. The Kier molecular flexibility index (Phi) is 5.94. The Morgan fingerprint density at radius 2 is 1.80 bits per heavy atom. The van der Waals surface area contributed by atoms with Crippen LogP contribution >= 0.6 is 11.3 Å². The van der Waals surface area contributed by atoms with Crippen molar-refractivity contribution in [3.05, 3.63) is 99.4 Å². The number of fused-ring (bicyclic) bond motifs is 1. The average Bonchev–Trinajstić information content (AvgIpc) is 3.53. The summed E-state index contributed by atoms with van der Waals surface area (Å²) in [6, 6.07) is 17.1. The summed E-state index contributed by atoms with van der Waals surface area (Å²) in [6.07, 6.45) is -4.04. The molecule has 0 saturated heterocycles. The van der Waals surface area contributed by atoms with Crippen molar-refractivity contribution < 1.29 is 27.2 Å². The molecule has 0 saturated carbocycles. The minimum absolute atomic E-state index is 0.00665. The molecular weight excluding hydrogens is 477 g/mol. The number of anilines is 1. The molecule has 178 valence electrons. The first-order valence-corrected chi connectivity index (χ1v) is 11.7. The second kappa shape index (κ2) is 9.07. The van der Waals surface area contributed by atoms with E-state index in [1.807, 2.05) is 29.6 Å². The van der Waals surface area contributed by atoms with Gasteiger partial charge >= 0.3 is 6.18 Å². The number of carbonyl (C=O) groups excluding carboxylic acids is 2. The monoisotopic (exact) mass is 496 g/mol. The zero-order valence-corrected chi connectivity index (χ0v) is 19.1. The van der Waals surface area contributed by atoms with Crippen LogP contribution in [0.15, 0.2) is 76.5 Å². The van der Waals surface area contributed by atoms with Gasteiger partial charge in [0.15, 0.2) is 0 Å². The fourth-order valence-corrected chi connectivity index (χ4v) is 4.60. The molecule has 35 heavy (non-hydrogen) atoms. The van der Waals surface area contributed by atoms with E-state index in [1.165, 1.54) is 28.4 Å². The second-order valence-corrected chi connectivity index (χ2v) is 9.07. The fourth-order valence-electron chi connectivity index (χ4n) is 3.98. The molecule has 2 amide bonds. The molecule has 2 aromatic heterocycles. The molecule has 0 fully saturated rings. The number of carbonyl (C=O) groups is 2. The summed E-state index contributed by atoms with van der Waals surface area (Å²) in [5.41, 5.74) is 1.45. The van der Waals surface area contributed by atoms with Crippen molar-refractivity contribution >= 4 is 28.8 Å². The zero-order valence-electron chi connectivity index (χ0n) is 18.3. The Morgan fingerprint density at radius 3 is 2.51 bits per heavy atom. The van der Waals surface area contributed by atoms with Crippen molar-refractivity contribution in [2.24, 2.45) is 0 Å². The van der Waals surface area contributed by atoms with E-state index in [0.29, 0.717) is 29.3 Å². The molecule has 5 nitrogen and oxygen atoms in total. The molecule has 0 unspecified atom stereocenters. The van der Waals surface area contributed by atoms with Crippen LogP contribution in [0.3, 0.4) is 0 Å². The maximum absolute atomic E-state index is 13.0. The number of alkyl halides is 3. The number of furan rings is 1. The highest BCUT2D eigenvalue weighted by Gasteiger charge is 2.32. The lowest BCUT2D eigenvalue weighted by Gasteiger charge is -2.26. The van der Waals surface area contributed by atoms with Gasteiger partial charge in [0.1, 0.15) is 11.5 Å². The van der Waals surface area contributed by atoms with Crippen LogP contribution in [0.5, 0.6) is 0 Å². The van der Waals surface area contributed by atoms with E-state index >= 15 is 0 Å². The lowest BCUT2D eigenvalue weighted by molar-refractivity contribution is -0.137. The average molecular weight is 497 g/mol. The number of amides is 2. The predicted octanol–water partition coefficient (Wildman–Crippen LogP) is 6.48. The van der Waals surface area contributed by atoms with Gasteiger partial charge in [-0.15, -0.1) is 11.3 Å². The highest BCUT2D eigenvalue weighted by atomic mass is 32.1. The first kappa shape index (κ1) is 22.9. The van der Waals surface area contributed by atoms with Gasteiger partial charge < -0.3 is 14.6 Å². The molecule has 1 aliphatic rings. The van der Waals surface area contributed by atoms with Crippen LogP contribution in [-0.4, -0.2) is 23.3 Å². The van der Waals surface area contributed by atoms with Gasteiger partial charge in [0, 0.05) is 41.9 Å². The topological polar surface area (TPSA) is 62.6 Å². The SMILES string of the molecule is O=C(Nc1ccc(-c2cc3c(o2)CCN(C(=O)c2cccc(C(F)(F)F)c2)C3)cc1)c1cccs1. The van der Waals surface area contributed by atoms with Crippen molar-refractivity contribution in [3.63, 3.8) is 0 Å². The highest BCUT2D eigenvalue weighted by molar-refractivity contribution is 7.12. The quantitative estimate of drug-likeness (QED) is 0.352. The normalized spacial score (nSPS) is 13.4. The van der Waals surface area contributed by atoms with Crippen LogP contribution < -0.4 is 5.32 Å². The molecule has 9 heteroatoms. The third kappa shape index (κ3) is 4.85. The number of benzene rings is 2. The number of hydrogen-bond donors (Lipinski definition) is 1. The molecule has 4 aromatic rings. The summed E-state index contributed by atoms with van der Waals surface area (Å²) in [4.78, 5) is 27.2. The molecule has 1 N–H and O–H groups in total. The summed E-state index contributed by atoms with van der Waals surface area (Å²) in [5, 5.41) is 4.68. The predicted molar refractivity (Wildman–Crippen MR) is 126 cm³/mol. The van der Waals surface area contributed by atoms with Crippen LogP contribution in [-0.2, 0) is 19.1 Å². The standard InChI is InChI=1S/C26H19F3N2O3S/c27-26(28,29)19-4-1-3-17(13-19)25(33)31-11-10-21-18(15-31)14-22(34-21)16-6-8-20(9-7-16)30-24(32)23-5-2-12-35-23/h1-9,12-14H,10-11,15H2,(H,30,32). The van der Waals surface area contributed by atoms with Gasteiger partial charge in [0.25, 0.3) is 11.8 Å². The van der Waals surface area contributed by atoms with E-state index < -0.39 is 17.6 Å². The lowest BCUT2D eigenvalue weighted by atomic mass is 10.0. The van der Waals surface area contributed by atoms with E-state index in [2.05, 4.69) is 5.32 Å². The first-order chi connectivity index (χ1) is 16.8. The van der Waals surface area contributed by atoms with Gasteiger partial charge in [-0.3, -0.25) is 9.59 Å². The largest absolute Gasteiger partial charge is 0.461 e. The third-order valence-electron chi connectivity index (χ3n) is 5.76. The molecule has 3 heterocycles. The van der Waals surface area contributed by atoms with Crippen LogP contribution in [0.4, 0.5) is 18.9 Å². The van der Waals surface area contributed by atoms with Crippen LogP contribution in [0.25, 0.3) is 11.3 Å². The molecule has 0 bridgehead atoms. The van der Waals surface area contributed by atoms with Crippen molar-refractivity contribution in [1.29, 1.82) is 0 Å². The summed E-state index contributed by atoms with van der Waals surface area (Å²) >= 11 is 1.36. The fraction of sp³-hybridized carbons (Fsp3) is 0.154. The van der Waals surface area contributed by atoms with Crippen molar-refractivity contribution in [1.82, 2.24) is 4.90 Å². The van der Waals surface area contributed by atoms with Gasteiger partial charge in [-0.05, 0) is 60.0 Å². The molecule has 0 radical (unpaired) electrons. The Labute approximate surface area is 202 Å². The third-order valence-corrected chi connectivity index (χ3v) is 6.63. The molecule has 1 aliphatic heterocycles. The Hall–Kier alpha value is -3.85. The van der Waals surface area contributed by atoms with E-state index in [1.54, 1.807) is 18.2 Å². The number of nitrogens with zero attached hydrogens (tertiary/aromatic N) is 1. The van der Waals surface area contributed by atoms with Crippen LogP contribution in [0.1, 0.15) is 36.9 Å². The van der Waals surface area contributed by atoms with Crippen molar-refractivity contribution in [2.45, 2.75) is 19.1 Å². The van der Waals surface area contributed by atoms with E-state index in [9.17, 15) is 22.8 Å². The summed E-state index contributed by atoms with van der Waals surface area (Å²) in [6.45, 7) is 0.603. The van der Waals surface area contributed by atoms with Gasteiger partial charge in [-0.1, -0.05) is 12.1 Å². The summed E-state index contributed by atoms with van der Waals surface area (Å²) in [7, 11) is 0. The maximum atomic E-state index is 13.0. The van der Waals surface area contributed by atoms with Crippen LogP contribution in [0.2, 0.25) is 0 Å². The second-order valence-electron chi connectivity index (χ2n) is 8.12. The number of halogens is 3. The van der Waals surface area contributed by atoms with Gasteiger partial charge in [-0.25, -0.2) is 0 Å². The lowest BCUT2D eigenvalue weighted by Crippen LogP contribution is -2.35. The minimum Gasteiger partial charge on any atom is -0.461 e. The minimum atomic E-state index is -4.51.